The van der Waals surface area contributed by atoms with Crippen LogP contribution in [0.3, 0.4) is 0 Å². The lowest BCUT2D eigenvalue weighted by atomic mass is 9.84. The Morgan fingerprint density at radius 1 is 0.900 bits per heavy atom. The molecule has 370 valence electrons. The van der Waals surface area contributed by atoms with E-state index in [0.29, 0.717) is 35.1 Å². The second-order valence-corrected chi connectivity index (χ2v) is 19.0. The fourth-order valence-corrected chi connectivity index (χ4v) is 10.3. The molecule has 3 saturated heterocycles. The number of hydrogen-bond acceptors (Lipinski definition) is 12. The zero-order valence-electron chi connectivity index (χ0n) is 39.3. The molecular formula is C50H55F5N10O5. The molecule has 6 heterocycles. The number of alkyl halides is 3. The zero-order chi connectivity index (χ0) is 49.0. The first-order valence-electron chi connectivity index (χ1n) is 23.5. The Morgan fingerprint density at radius 2 is 1.59 bits per heavy atom. The van der Waals surface area contributed by atoms with Crippen molar-refractivity contribution >= 4 is 29.4 Å². The van der Waals surface area contributed by atoms with Gasteiger partial charge in [0.15, 0.2) is 12.9 Å². The number of carbonyl (C=O) groups is 1. The van der Waals surface area contributed by atoms with Gasteiger partial charge in [-0.2, -0.15) is 23.3 Å². The molecule has 70 heavy (non-hydrogen) atoms. The van der Waals surface area contributed by atoms with Gasteiger partial charge in [0.05, 0.1) is 30.9 Å². The van der Waals surface area contributed by atoms with Crippen molar-refractivity contribution in [3.05, 3.63) is 125 Å². The van der Waals surface area contributed by atoms with E-state index in [-0.39, 0.29) is 49.1 Å². The van der Waals surface area contributed by atoms with Gasteiger partial charge >= 0.3 is 12.2 Å². The quantitative estimate of drug-likeness (QED) is 0.0982. The summed E-state index contributed by atoms with van der Waals surface area (Å²) in [6.07, 6.45) is -0.510. The van der Waals surface area contributed by atoms with Gasteiger partial charge < -0.3 is 39.1 Å². The van der Waals surface area contributed by atoms with Crippen molar-refractivity contribution in [2.75, 3.05) is 73.9 Å². The summed E-state index contributed by atoms with van der Waals surface area (Å²) >= 11 is 0. The van der Waals surface area contributed by atoms with Crippen molar-refractivity contribution in [2.24, 2.45) is 4.99 Å². The van der Waals surface area contributed by atoms with E-state index in [9.17, 15) is 22.4 Å². The molecule has 2 amide bonds. The number of aromatic nitrogens is 3. The first kappa shape index (κ1) is 47.2. The first-order valence-corrected chi connectivity index (χ1v) is 23.5. The third-order valence-electron chi connectivity index (χ3n) is 13.7. The number of carbonyl (C=O) groups excluding carboxylic acids is 1. The van der Waals surface area contributed by atoms with E-state index >= 15 is 4.39 Å². The lowest BCUT2D eigenvalue weighted by Crippen LogP contribution is -2.47. The van der Waals surface area contributed by atoms with Gasteiger partial charge in [-0.15, -0.1) is 0 Å². The summed E-state index contributed by atoms with van der Waals surface area (Å²) < 4.78 is 93.3. The van der Waals surface area contributed by atoms with Gasteiger partial charge in [0.2, 0.25) is 0 Å². The number of pyridine rings is 1. The number of halogens is 5. The molecule has 20 heteroatoms. The highest BCUT2D eigenvalue weighted by Crippen LogP contribution is 2.53. The fraction of sp³-hybridized carbons (Fsp3) is 0.440. The third-order valence-corrected chi connectivity index (χ3v) is 13.7. The molecule has 1 saturated carbocycles. The first-order chi connectivity index (χ1) is 33.6. The van der Waals surface area contributed by atoms with Crippen molar-refractivity contribution < 1.29 is 45.7 Å². The van der Waals surface area contributed by atoms with Gasteiger partial charge in [0, 0.05) is 84.4 Å². The molecule has 1 aliphatic carbocycles. The molecule has 10 rings (SSSR count). The number of anilines is 3. The predicted octanol–water partition coefficient (Wildman–Crippen LogP) is 8.30. The van der Waals surface area contributed by atoms with Crippen molar-refractivity contribution in [2.45, 2.75) is 82.1 Å². The molecule has 2 aromatic heterocycles. The minimum atomic E-state index is -4.54. The summed E-state index contributed by atoms with van der Waals surface area (Å²) in [5.74, 6) is -0.610. The fourth-order valence-electron chi connectivity index (χ4n) is 10.3. The zero-order valence-corrected chi connectivity index (χ0v) is 39.3. The van der Waals surface area contributed by atoms with E-state index in [0.717, 1.165) is 62.2 Å². The number of ether oxygens (including phenoxy) is 4. The summed E-state index contributed by atoms with van der Waals surface area (Å²) in [6, 6.07) is 21.1. The average Bonchev–Trinajstić information content (AvgIpc) is 3.58. The monoisotopic (exact) mass is 970 g/mol. The van der Waals surface area contributed by atoms with Crippen LogP contribution >= 0.6 is 0 Å². The molecule has 5 aliphatic rings. The Kier molecular flexibility index (Phi) is 12.6. The van der Waals surface area contributed by atoms with Gasteiger partial charge in [-0.05, 0) is 107 Å². The number of piperazine rings is 1. The number of rotatable bonds is 15. The number of hydrogen-bond donors (Lipinski definition) is 2. The number of aliphatic imine (C=N–C) groups is 1. The van der Waals surface area contributed by atoms with Gasteiger partial charge in [0.25, 0.3) is 0 Å². The van der Waals surface area contributed by atoms with E-state index in [1.54, 1.807) is 33.4 Å². The molecule has 2 N–H and O–H groups in total. The SMILES string of the molecule is Cc1cc(C2(C)C(c3cc(OCC(F)(F)F)c(C4CC4)cn3)N(c3ccc(N4CCN(c5ccc(OC[C@H]6OC[C@](CN7CN=CN7)(c7ccc(F)cc7F)O6)cc5)CC4)cc3)C(=O)N2C(C)C)n[nH]1. The minimum absolute atomic E-state index is 0.0292. The standard InChI is InChI=1S/C50H55F5N10O5/c1-31(2)65-47(66)64(46(48(65,4)44-21-32(3)59-60-44)42-23-43(68-28-50(53,54)55)39(24-57-42)33-5-6-33)37-10-8-35(9-11-37)61-17-19-62(20-18-61)36-12-14-38(15-13-36)67-25-45-69-27-49(70-45,26-63-30-56-29-58-63)40-16-7-34(51)22-41(40)52/h7-16,21-24,29,31,33,45-46H,5-6,17-20,25-28,30H2,1-4H3,(H,56,58)(H,59,60)/t45-,46?,48?,49+/m0/s1. The maximum atomic E-state index is 15.1. The van der Waals surface area contributed by atoms with E-state index in [4.69, 9.17) is 23.9 Å². The van der Waals surface area contributed by atoms with Crippen LogP contribution in [0.1, 0.15) is 73.8 Å². The van der Waals surface area contributed by atoms with E-state index < -0.39 is 47.9 Å². The maximum absolute atomic E-state index is 15.1. The van der Waals surface area contributed by atoms with E-state index in [2.05, 4.69) is 30.4 Å². The molecule has 5 aromatic rings. The van der Waals surface area contributed by atoms with Crippen LogP contribution in [-0.2, 0) is 20.6 Å². The van der Waals surface area contributed by atoms with Gasteiger partial charge in [-0.1, -0.05) is 6.07 Å². The van der Waals surface area contributed by atoms with Crippen molar-refractivity contribution in [1.29, 1.82) is 0 Å². The molecule has 0 bridgehead atoms. The number of aryl methyl sites for hydroxylation is 1. The maximum Gasteiger partial charge on any atom is 0.422 e. The van der Waals surface area contributed by atoms with Crippen LogP contribution in [-0.4, -0.2) is 115 Å². The van der Waals surface area contributed by atoms with Gasteiger partial charge in [-0.25, -0.2) is 13.6 Å². The van der Waals surface area contributed by atoms with Crippen molar-refractivity contribution in [3.8, 4) is 11.5 Å². The number of nitrogens with zero attached hydrogens (tertiary/aromatic N) is 8. The summed E-state index contributed by atoms with van der Waals surface area (Å²) in [4.78, 5) is 31.9. The average molecular weight is 971 g/mol. The van der Waals surface area contributed by atoms with Crippen LogP contribution in [0.5, 0.6) is 11.5 Å². The largest absolute Gasteiger partial charge is 0.488 e. The molecule has 4 aliphatic heterocycles. The normalized spacial score (nSPS) is 24.1. The third kappa shape index (κ3) is 9.31. The number of H-pyrrole nitrogens is 1. The van der Waals surface area contributed by atoms with E-state index in [1.165, 1.54) is 12.1 Å². The molecule has 4 fully saturated rings. The highest BCUT2D eigenvalue weighted by atomic mass is 19.4. The number of hydrazine groups is 1. The molecule has 15 nitrogen and oxygen atoms in total. The van der Waals surface area contributed by atoms with Crippen LogP contribution in [0, 0.1) is 18.6 Å². The number of urea groups is 1. The summed E-state index contributed by atoms with van der Waals surface area (Å²) in [6.45, 7) is 9.79. The Morgan fingerprint density at radius 3 is 2.19 bits per heavy atom. The van der Waals surface area contributed by atoms with Crippen LogP contribution in [0.4, 0.5) is 43.8 Å². The highest BCUT2D eigenvalue weighted by Gasteiger charge is 2.59. The molecule has 2 unspecified atom stereocenters. The lowest BCUT2D eigenvalue weighted by molar-refractivity contribution is -0.153. The smallest absolute Gasteiger partial charge is 0.422 e. The summed E-state index contributed by atoms with van der Waals surface area (Å²) in [5, 5.41) is 9.43. The topological polar surface area (TPSA) is 136 Å². The van der Waals surface area contributed by atoms with Gasteiger partial charge in [-0.3, -0.25) is 20.0 Å². The number of amides is 2. The predicted molar refractivity (Wildman–Crippen MR) is 251 cm³/mol. The van der Waals surface area contributed by atoms with Crippen LogP contribution in [0.2, 0.25) is 0 Å². The second kappa shape index (κ2) is 18.7. The van der Waals surface area contributed by atoms with Crippen molar-refractivity contribution in [3.63, 3.8) is 0 Å². The highest BCUT2D eigenvalue weighted by molar-refractivity contribution is 5.97. The molecule has 0 radical (unpaired) electrons. The number of aromatic amines is 1. The minimum Gasteiger partial charge on any atom is -0.488 e. The second-order valence-electron chi connectivity index (χ2n) is 19.0. The number of nitrogens with one attached hydrogen (secondary N) is 2. The molecule has 0 spiro atoms. The van der Waals surface area contributed by atoms with Crippen LogP contribution < -0.4 is 29.6 Å². The molecular weight excluding hydrogens is 916 g/mol. The Balaban J connectivity index is 0.812. The Hall–Kier alpha value is -6.51. The Bertz CT molecular complexity index is 2710. The van der Waals surface area contributed by atoms with E-state index in [1.807, 2.05) is 82.3 Å². The molecule has 3 aromatic carbocycles. The Labute approximate surface area is 402 Å². The lowest BCUT2D eigenvalue weighted by Gasteiger charge is -2.39. The summed E-state index contributed by atoms with van der Waals surface area (Å²) in [7, 11) is 0. The van der Waals surface area contributed by atoms with Gasteiger partial charge in [0.1, 0.15) is 53.6 Å². The molecule has 4 atom stereocenters. The van der Waals surface area contributed by atoms with Crippen LogP contribution in [0.25, 0.3) is 0 Å². The van der Waals surface area contributed by atoms with Crippen LogP contribution in [0.15, 0.2) is 90.1 Å². The summed E-state index contributed by atoms with van der Waals surface area (Å²) in [5.41, 5.74) is 5.89. The van der Waals surface area contributed by atoms with Crippen molar-refractivity contribution in [1.82, 2.24) is 30.5 Å². The number of benzene rings is 3.